The van der Waals surface area contributed by atoms with Gasteiger partial charge < -0.3 is 0 Å². The number of aromatic nitrogens is 4. The van der Waals surface area contributed by atoms with Crippen molar-refractivity contribution in [3.63, 3.8) is 0 Å². The topological polar surface area (TPSA) is 73.9 Å². The van der Waals surface area contributed by atoms with E-state index in [9.17, 15) is 13.2 Å². The van der Waals surface area contributed by atoms with Gasteiger partial charge in [-0.05, 0) is 42.4 Å². The van der Waals surface area contributed by atoms with Crippen LogP contribution in [0.2, 0.25) is 0 Å². The Morgan fingerprint density at radius 1 is 1.00 bits per heavy atom. The third kappa shape index (κ3) is 6.01. The molecule has 0 bridgehead atoms. The molecule has 1 aliphatic rings. The Hall–Kier alpha value is -2.51. The molecule has 2 aromatic rings. The summed E-state index contributed by atoms with van der Waals surface area (Å²) >= 11 is 0. The molecule has 0 radical (unpaired) electrons. The van der Waals surface area contributed by atoms with Gasteiger partial charge in [-0.15, -0.1) is 10.2 Å². The van der Waals surface area contributed by atoms with Crippen LogP contribution in [-0.2, 0) is 19.6 Å². The Morgan fingerprint density at radius 3 is 2.30 bits per heavy atom. The Labute approximate surface area is 155 Å². The van der Waals surface area contributed by atoms with E-state index in [2.05, 4.69) is 31.3 Å². The molecule has 0 amide bonds. The van der Waals surface area contributed by atoms with Gasteiger partial charge in [-0.1, -0.05) is 12.1 Å². The van der Waals surface area contributed by atoms with Gasteiger partial charge in [-0.3, -0.25) is 9.80 Å². The first kappa shape index (κ1) is 19.3. The lowest BCUT2D eigenvalue weighted by molar-refractivity contribution is -0.145. The van der Waals surface area contributed by atoms with E-state index < -0.39 is 12.7 Å². The number of halogens is 3. The molecule has 0 saturated carbocycles. The molecule has 7 nitrogen and oxygen atoms in total. The smallest absolute Gasteiger partial charge is 0.298 e. The zero-order valence-electron chi connectivity index (χ0n) is 14.7. The Kier molecular flexibility index (Phi) is 6.03. The van der Waals surface area contributed by atoms with Crippen LogP contribution < -0.4 is 0 Å². The molecule has 10 heteroatoms. The molecule has 0 aliphatic carbocycles. The van der Waals surface area contributed by atoms with Gasteiger partial charge >= 0.3 is 6.18 Å². The molecule has 0 N–H and O–H groups in total. The van der Waals surface area contributed by atoms with Gasteiger partial charge in [0.1, 0.15) is 0 Å². The van der Waals surface area contributed by atoms with Crippen LogP contribution in [0.3, 0.4) is 0 Å². The van der Waals surface area contributed by atoms with E-state index in [1.54, 1.807) is 0 Å². The maximum atomic E-state index is 12.4. The number of hydrogen-bond acceptors (Lipinski definition) is 6. The van der Waals surface area contributed by atoms with Crippen molar-refractivity contribution in [2.75, 3.05) is 26.2 Å². The molecule has 0 unspecified atom stereocenters. The SMILES string of the molecule is N#Cc1ccc(CN2CCCN(Cc3nnn(CC(F)(F)F)n3)CC2)cc1. The normalized spacial score (nSPS) is 16.8. The van der Waals surface area contributed by atoms with Gasteiger partial charge in [0.25, 0.3) is 0 Å². The van der Waals surface area contributed by atoms with Crippen molar-refractivity contribution < 1.29 is 13.2 Å². The van der Waals surface area contributed by atoms with Crippen LogP contribution in [0.5, 0.6) is 0 Å². The van der Waals surface area contributed by atoms with E-state index in [1.807, 2.05) is 24.3 Å². The first-order valence-corrected chi connectivity index (χ1v) is 8.68. The van der Waals surface area contributed by atoms with Gasteiger partial charge in [0, 0.05) is 19.6 Å². The average Bonchev–Trinajstić information content (AvgIpc) is 2.92. The standard InChI is InChI=1S/C17H20F3N7/c18-17(19,20)13-27-23-16(22-24-27)12-26-7-1-6-25(8-9-26)11-15-4-2-14(10-21)3-5-15/h2-5H,1,6-9,11-13H2. The van der Waals surface area contributed by atoms with E-state index >= 15 is 0 Å². The number of tetrazole rings is 1. The predicted octanol–water partition coefficient (Wildman–Crippen LogP) is 1.81. The van der Waals surface area contributed by atoms with Crippen molar-refractivity contribution in [2.45, 2.75) is 32.2 Å². The second kappa shape index (κ2) is 8.45. The predicted molar refractivity (Wildman–Crippen MR) is 90.2 cm³/mol. The maximum absolute atomic E-state index is 12.4. The quantitative estimate of drug-likeness (QED) is 0.789. The van der Waals surface area contributed by atoms with E-state index in [0.29, 0.717) is 22.7 Å². The Bertz CT molecular complexity index is 779. The number of nitriles is 1. The molecule has 27 heavy (non-hydrogen) atoms. The van der Waals surface area contributed by atoms with E-state index in [1.165, 1.54) is 0 Å². The van der Waals surface area contributed by atoms with E-state index in [-0.39, 0.29) is 0 Å². The second-order valence-corrected chi connectivity index (χ2v) is 6.57. The largest absolute Gasteiger partial charge is 0.409 e. The monoisotopic (exact) mass is 379 g/mol. The van der Waals surface area contributed by atoms with Gasteiger partial charge in [0.2, 0.25) is 0 Å². The Balaban J connectivity index is 1.50. The minimum atomic E-state index is -4.35. The molecule has 3 rings (SSSR count). The highest BCUT2D eigenvalue weighted by Crippen LogP contribution is 2.16. The molecule has 144 valence electrons. The third-order valence-electron chi connectivity index (χ3n) is 4.35. The summed E-state index contributed by atoms with van der Waals surface area (Å²) in [6, 6.07) is 9.66. The van der Waals surface area contributed by atoms with Crippen molar-refractivity contribution in [2.24, 2.45) is 0 Å². The van der Waals surface area contributed by atoms with Crippen LogP contribution in [0.15, 0.2) is 24.3 Å². The minimum absolute atomic E-state index is 0.305. The third-order valence-corrected chi connectivity index (χ3v) is 4.35. The molecule has 1 aromatic carbocycles. The summed E-state index contributed by atoms with van der Waals surface area (Å²) in [5.74, 6) is 0.305. The summed E-state index contributed by atoms with van der Waals surface area (Å²) in [4.78, 5) is 5.05. The second-order valence-electron chi connectivity index (χ2n) is 6.57. The molecule has 2 heterocycles. The molecule has 0 spiro atoms. The maximum Gasteiger partial charge on any atom is 0.409 e. The number of nitrogens with zero attached hydrogens (tertiary/aromatic N) is 7. The van der Waals surface area contributed by atoms with Crippen LogP contribution >= 0.6 is 0 Å². The lowest BCUT2D eigenvalue weighted by atomic mass is 10.1. The lowest BCUT2D eigenvalue weighted by Crippen LogP contribution is -2.30. The van der Waals surface area contributed by atoms with Crippen LogP contribution in [-0.4, -0.2) is 62.4 Å². The van der Waals surface area contributed by atoms with Crippen molar-refractivity contribution >= 4 is 0 Å². The summed E-state index contributed by atoms with van der Waals surface area (Å²) in [5.41, 5.74) is 1.80. The van der Waals surface area contributed by atoms with Crippen molar-refractivity contribution in [3.8, 4) is 6.07 Å². The van der Waals surface area contributed by atoms with E-state index in [0.717, 1.165) is 44.7 Å². The zero-order chi connectivity index (χ0) is 19.3. The van der Waals surface area contributed by atoms with Gasteiger partial charge in [0.15, 0.2) is 12.4 Å². The molecular weight excluding hydrogens is 359 g/mol. The fourth-order valence-corrected chi connectivity index (χ4v) is 3.05. The van der Waals surface area contributed by atoms with Gasteiger partial charge in [0.05, 0.1) is 18.2 Å². The highest BCUT2D eigenvalue weighted by molar-refractivity contribution is 5.31. The summed E-state index contributed by atoms with van der Waals surface area (Å²) in [6.45, 7) is 3.36. The summed E-state index contributed by atoms with van der Waals surface area (Å²) < 4.78 is 37.1. The zero-order valence-corrected chi connectivity index (χ0v) is 14.7. The van der Waals surface area contributed by atoms with Crippen LogP contribution in [0.25, 0.3) is 0 Å². The molecule has 1 aliphatic heterocycles. The minimum Gasteiger partial charge on any atom is -0.298 e. The highest BCUT2D eigenvalue weighted by Gasteiger charge is 2.29. The molecule has 1 aromatic heterocycles. The Morgan fingerprint density at radius 2 is 1.67 bits per heavy atom. The molecule has 1 saturated heterocycles. The van der Waals surface area contributed by atoms with Gasteiger partial charge in [-0.2, -0.15) is 23.2 Å². The first-order valence-electron chi connectivity index (χ1n) is 8.68. The van der Waals surface area contributed by atoms with Crippen molar-refractivity contribution in [1.29, 1.82) is 5.26 Å². The molecule has 0 atom stereocenters. The van der Waals surface area contributed by atoms with Crippen LogP contribution in [0.4, 0.5) is 13.2 Å². The van der Waals surface area contributed by atoms with Crippen molar-refractivity contribution in [3.05, 3.63) is 41.2 Å². The van der Waals surface area contributed by atoms with Crippen molar-refractivity contribution in [1.82, 2.24) is 30.0 Å². The highest BCUT2D eigenvalue weighted by atomic mass is 19.4. The van der Waals surface area contributed by atoms with E-state index in [4.69, 9.17) is 5.26 Å². The number of alkyl halides is 3. The lowest BCUT2D eigenvalue weighted by Gasteiger charge is -2.21. The summed E-state index contributed by atoms with van der Waals surface area (Å²) in [7, 11) is 0. The summed E-state index contributed by atoms with van der Waals surface area (Å²) in [5, 5.41) is 19.9. The molecular formula is C17H20F3N7. The number of hydrogen-bond donors (Lipinski definition) is 0. The average molecular weight is 379 g/mol. The van der Waals surface area contributed by atoms with Crippen LogP contribution in [0.1, 0.15) is 23.4 Å². The number of rotatable bonds is 5. The summed E-state index contributed by atoms with van der Waals surface area (Å²) in [6.07, 6.45) is -3.40. The first-order chi connectivity index (χ1) is 12.9. The molecule has 1 fully saturated rings. The fourth-order valence-electron chi connectivity index (χ4n) is 3.05. The fraction of sp³-hybridized carbons (Fsp3) is 0.529. The van der Waals surface area contributed by atoms with Gasteiger partial charge in [-0.25, -0.2) is 0 Å². The van der Waals surface area contributed by atoms with Crippen LogP contribution in [0, 0.1) is 11.3 Å². The number of benzene rings is 1.